The van der Waals surface area contributed by atoms with Crippen molar-refractivity contribution in [3.63, 3.8) is 0 Å². The Labute approximate surface area is 327 Å². The number of hydrogen-bond acceptors (Lipinski definition) is 6. The number of methoxy groups -OCH3 is 1. The monoisotopic (exact) mass is 744 g/mol. The number of aromatic nitrogens is 2. The summed E-state index contributed by atoms with van der Waals surface area (Å²) in [5.41, 5.74) is 1.64. The number of allylic oxidation sites excluding steroid dienone is 2. The third kappa shape index (κ3) is 5.48. The maximum atomic E-state index is 15.1. The maximum Gasteiger partial charge on any atom is 0.314 e. The van der Waals surface area contributed by atoms with Gasteiger partial charge in [-0.2, -0.15) is 5.10 Å². The van der Waals surface area contributed by atoms with Crippen LogP contribution in [0.3, 0.4) is 0 Å². The van der Waals surface area contributed by atoms with Crippen molar-refractivity contribution < 1.29 is 23.9 Å². The number of benzene rings is 2. The highest BCUT2D eigenvalue weighted by Gasteiger charge is 2.72. The van der Waals surface area contributed by atoms with Crippen LogP contribution in [-0.2, 0) is 23.9 Å². The van der Waals surface area contributed by atoms with Crippen LogP contribution in [0.25, 0.3) is 0 Å². The third-order valence-corrected chi connectivity index (χ3v) is 16.8. The Bertz CT molecular complexity index is 1980. The van der Waals surface area contributed by atoms with Gasteiger partial charge in [0, 0.05) is 12.1 Å². The predicted molar refractivity (Wildman–Crippen MR) is 213 cm³/mol. The van der Waals surface area contributed by atoms with Gasteiger partial charge in [0.2, 0.25) is 0 Å². The van der Waals surface area contributed by atoms with Crippen LogP contribution in [0.1, 0.15) is 128 Å². The van der Waals surface area contributed by atoms with E-state index in [0.29, 0.717) is 6.42 Å². The number of hydrogen-bond donors (Lipinski definition) is 0. The summed E-state index contributed by atoms with van der Waals surface area (Å²) in [5, 5.41) is 4.80. The van der Waals surface area contributed by atoms with Gasteiger partial charge in [-0.15, -0.1) is 0 Å². The molecule has 0 spiro atoms. The molecule has 0 unspecified atom stereocenters. The molecule has 8 rings (SSSR count). The van der Waals surface area contributed by atoms with Gasteiger partial charge in [-0.1, -0.05) is 93.9 Å². The second-order valence-corrected chi connectivity index (χ2v) is 19.6. The number of aryl methyl sites for hydroxylation is 1. The largest absolute Gasteiger partial charge is 0.469 e. The van der Waals surface area contributed by atoms with Crippen molar-refractivity contribution >= 4 is 17.7 Å². The van der Waals surface area contributed by atoms with E-state index in [-0.39, 0.29) is 57.8 Å². The van der Waals surface area contributed by atoms with Crippen LogP contribution in [0.15, 0.2) is 84.6 Å². The van der Waals surface area contributed by atoms with Gasteiger partial charge in [-0.25, -0.2) is 0 Å². The molecule has 0 radical (unpaired) electrons. The Morgan fingerprint density at radius 2 is 1.44 bits per heavy atom. The van der Waals surface area contributed by atoms with Gasteiger partial charge in [-0.05, 0) is 135 Å². The Kier molecular flexibility index (Phi) is 8.98. The SMILES string of the molecule is COC(=O)[C@]1(C)[C@@H](n2ccc(C)n2)CC[C@@]2(C)[C@H]1CC[C@]1(C)[C@@H]2C(=O)C=C2[C@@H]3C[C@@](C)(C(=O)OC(c4ccccc4)c4ccccc4)CC[C@]3(C)CC[C@]21C. The first-order chi connectivity index (χ1) is 26.0. The Balaban J connectivity index is 1.14. The smallest absolute Gasteiger partial charge is 0.314 e. The molecule has 4 saturated carbocycles. The average Bonchev–Trinajstić information content (AvgIpc) is 3.60. The molecule has 5 aliphatic carbocycles. The van der Waals surface area contributed by atoms with E-state index in [1.165, 1.54) is 12.7 Å². The first-order valence-corrected chi connectivity index (χ1v) is 20.7. The van der Waals surface area contributed by atoms with Gasteiger partial charge in [0.25, 0.3) is 0 Å². The van der Waals surface area contributed by atoms with Gasteiger partial charge in [-0.3, -0.25) is 19.1 Å². The molecule has 3 aromatic rings. The standard InChI is InChI=1S/C48H60N2O5/c1-31-21-28-50(49-31)38-20-22-45(4)37(48(38,7)42(53)54-8)19-23-47(6)40(45)36(51)29-34-35-30-44(3,25-24-43(35,2)26-27-46(34,47)5)41(52)55-39(32-15-11-9-12-16-32)33-17-13-10-14-18-33/h9-18,21,28-29,35,37-40H,19-20,22-27,30H2,1-8H3/t35-,37+,38-,40+,43+,44-,45-,46+,47+,48-/m0/s1. The molecule has 0 N–H and O–H groups in total. The van der Waals surface area contributed by atoms with Crippen LogP contribution >= 0.6 is 0 Å². The molecule has 292 valence electrons. The normalized spacial score (nSPS) is 39.5. The minimum Gasteiger partial charge on any atom is -0.469 e. The van der Waals surface area contributed by atoms with Crippen molar-refractivity contribution in [2.45, 2.75) is 118 Å². The fraction of sp³-hybridized carbons (Fsp3) is 0.583. The summed E-state index contributed by atoms with van der Waals surface area (Å²) >= 11 is 0. The minimum atomic E-state index is -0.833. The molecule has 10 atom stereocenters. The maximum absolute atomic E-state index is 15.1. The van der Waals surface area contributed by atoms with Gasteiger partial charge in [0.1, 0.15) is 0 Å². The molecule has 7 nitrogen and oxygen atoms in total. The molecule has 0 bridgehead atoms. The number of carbonyl (C=O) groups excluding carboxylic acids is 3. The Hall–Kier alpha value is -4.00. The lowest BCUT2D eigenvalue weighted by Crippen LogP contribution is -2.67. The van der Waals surface area contributed by atoms with Gasteiger partial charge < -0.3 is 9.47 Å². The molecule has 4 fully saturated rings. The summed E-state index contributed by atoms with van der Waals surface area (Å²) < 4.78 is 14.1. The van der Waals surface area contributed by atoms with Gasteiger partial charge >= 0.3 is 11.9 Å². The average molecular weight is 745 g/mol. The summed E-state index contributed by atoms with van der Waals surface area (Å²) in [5.74, 6) is -0.338. The molecule has 55 heavy (non-hydrogen) atoms. The van der Waals surface area contributed by atoms with Crippen molar-refractivity contribution in [3.05, 3.63) is 101 Å². The molecule has 0 amide bonds. The molecule has 0 aliphatic heterocycles. The number of rotatable bonds is 6. The Morgan fingerprint density at radius 3 is 2.04 bits per heavy atom. The van der Waals surface area contributed by atoms with Gasteiger partial charge in [0.05, 0.1) is 29.7 Å². The molecule has 1 heterocycles. The van der Waals surface area contributed by atoms with Crippen LogP contribution in [0.4, 0.5) is 0 Å². The van der Waals surface area contributed by atoms with E-state index in [1.54, 1.807) is 0 Å². The predicted octanol–water partition coefficient (Wildman–Crippen LogP) is 10.2. The van der Waals surface area contributed by atoms with E-state index >= 15 is 4.79 Å². The highest BCUT2D eigenvalue weighted by atomic mass is 16.5. The van der Waals surface area contributed by atoms with E-state index in [0.717, 1.165) is 68.2 Å². The summed E-state index contributed by atoms with van der Waals surface area (Å²) in [6.45, 7) is 15.7. The lowest BCUT2D eigenvalue weighted by atomic mass is 9.33. The third-order valence-electron chi connectivity index (χ3n) is 16.8. The topological polar surface area (TPSA) is 87.5 Å². The highest BCUT2D eigenvalue weighted by molar-refractivity contribution is 5.96. The first kappa shape index (κ1) is 37.9. The lowest BCUT2D eigenvalue weighted by molar-refractivity contribution is -0.207. The zero-order valence-corrected chi connectivity index (χ0v) is 34.2. The summed E-state index contributed by atoms with van der Waals surface area (Å²) in [6.07, 6.45) is 11.3. The van der Waals surface area contributed by atoms with Crippen LogP contribution in [0.2, 0.25) is 0 Å². The Morgan fingerprint density at radius 1 is 0.800 bits per heavy atom. The van der Waals surface area contributed by atoms with E-state index in [2.05, 4.69) is 41.5 Å². The van der Waals surface area contributed by atoms with Gasteiger partial charge in [0.15, 0.2) is 11.9 Å². The molecule has 1 aromatic heterocycles. The zero-order chi connectivity index (χ0) is 39.2. The lowest BCUT2D eigenvalue weighted by Gasteiger charge is -2.70. The van der Waals surface area contributed by atoms with Crippen molar-refractivity contribution in [1.29, 1.82) is 0 Å². The fourth-order valence-electron chi connectivity index (χ4n) is 13.4. The van der Waals surface area contributed by atoms with E-state index in [4.69, 9.17) is 14.6 Å². The van der Waals surface area contributed by atoms with Crippen LogP contribution in [-0.4, -0.2) is 34.6 Å². The van der Waals surface area contributed by atoms with E-state index in [1.807, 2.05) is 90.6 Å². The van der Waals surface area contributed by atoms with Crippen molar-refractivity contribution in [2.24, 2.45) is 50.2 Å². The highest BCUT2D eigenvalue weighted by Crippen LogP contribution is 2.76. The van der Waals surface area contributed by atoms with Crippen molar-refractivity contribution in [2.75, 3.05) is 7.11 Å². The minimum absolute atomic E-state index is 0.00259. The summed E-state index contributed by atoms with van der Waals surface area (Å²) in [6, 6.07) is 21.9. The zero-order valence-electron chi connectivity index (χ0n) is 34.2. The number of carbonyl (C=O) groups is 3. The van der Waals surface area contributed by atoms with Crippen molar-refractivity contribution in [1.82, 2.24) is 9.78 Å². The van der Waals surface area contributed by atoms with E-state index in [9.17, 15) is 9.59 Å². The first-order valence-electron chi connectivity index (χ1n) is 20.7. The number of nitrogens with zero attached hydrogens (tertiary/aromatic N) is 2. The van der Waals surface area contributed by atoms with Crippen LogP contribution in [0, 0.1) is 57.2 Å². The molecule has 5 aliphatic rings. The molecule has 0 saturated heterocycles. The number of esters is 2. The number of ketones is 1. The van der Waals surface area contributed by atoms with Crippen LogP contribution in [0.5, 0.6) is 0 Å². The second-order valence-electron chi connectivity index (χ2n) is 19.6. The van der Waals surface area contributed by atoms with E-state index < -0.39 is 22.3 Å². The number of fused-ring (bicyclic) bond motifs is 7. The molecular formula is C48H60N2O5. The summed E-state index contributed by atoms with van der Waals surface area (Å²) in [4.78, 5) is 43.7. The quantitative estimate of drug-likeness (QED) is 0.234. The van der Waals surface area contributed by atoms with Crippen LogP contribution < -0.4 is 0 Å². The molecular weight excluding hydrogens is 685 g/mol. The number of ether oxygens (including phenoxy) is 2. The molecule has 7 heteroatoms. The molecule has 2 aromatic carbocycles. The second kappa shape index (κ2) is 13.0. The fourth-order valence-corrected chi connectivity index (χ4v) is 13.4. The summed E-state index contributed by atoms with van der Waals surface area (Å²) in [7, 11) is 1.50. The van der Waals surface area contributed by atoms with Crippen molar-refractivity contribution in [3.8, 4) is 0 Å².